The summed E-state index contributed by atoms with van der Waals surface area (Å²) in [7, 11) is 1.71. The van der Waals surface area contributed by atoms with Gasteiger partial charge >= 0.3 is 6.09 Å². The normalized spacial score (nSPS) is 17.0. The number of amides is 2. The van der Waals surface area contributed by atoms with Gasteiger partial charge in [-0.3, -0.25) is 15.0 Å². The van der Waals surface area contributed by atoms with E-state index in [-0.39, 0.29) is 5.91 Å². The number of ether oxygens (including phenoxy) is 1. The largest absolute Gasteiger partial charge is 0.444 e. The van der Waals surface area contributed by atoms with Gasteiger partial charge in [-0.15, -0.1) is 0 Å². The molecule has 2 rings (SSSR count). The third kappa shape index (κ3) is 4.49. The summed E-state index contributed by atoms with van der Waals surface area (Å²) >= 11 is 1.41. The third-order valence-electron chi connectivity index (χ3n) is 2.72. The number of amidine groups is 1. The standard InChI is InChI=1S/C15H19N3O3S/c1-15(2,3)21-14(20)17-11-7-5-10(6-8-11)16-13-18(4)12(19)9-22-13/h5-8H,9H2,1-4H3,(H,17,20). The van der Waals surface area contributed by atoms with E-state index in [0.29, 0.717) is 16.6 Å². The molecule has 118 valence electrons. The van der Waals surface area contributed by atoms with E-state index in [1.54, 1.807) is 31.3 Å². The molecule has 1 aliphatic rings. The van der Waals surface area contributed by atoms with E-state index >= 15 is 0 Å². The maximum absolute atomic E-state index is 11.7. The van der Waals surface area contributed by atoms with Crippen LogP contribution in [0.5, 0.6) is 0 Å². The van der Waals surface area contributed by atoms with Crippen LogP contribution in [0.1, 0.15) is 20.8 Å². The summed E-state index contributed by atoms with van der Waals surface area (Å²) in [5, 5.41) is 3.33. The molecule has 1 aromatic rings. The van der Waals surface area contributed by atoms with E-state index in [1.165, 1.54) is 16.7 Å². The van der Waals surface area contributed by atoms with Gasteiger partial charge in [0, 0.05) is 12.7 Å². The maximum atomic E-state index is 11.7. The number of rotatable bonds is 2. The van der Waals surface area contributed by atoms with Gasteiger partial charge in [0.05, 0.1) is 11.4 Å². The van der Waals surface area contributed by atoms with E-state index in [0.717, 1.165) is 5.69 Å². The molecule has 1 N–H and O–H groups in total. The molecule has 7 heteroatoms. The van der Waals surface area contributed by atoms with Crippen molar-refractivity contribution in [1.82, 2.24) is 4.90 Å². The fraction of sp³-hybridized carbons (Fsp3) is 0.400. The summed E-state index contributed by atoms with van der Waals surface area (Å²) in [5.74, 6) is 0.472. The Morgan fingerprint density at radius 3 is 2.45 bits per heavy atom. The summed E-state index contributed by atoms with van der Waals surface area (Å²) in [6.07, 6.45) is -0.497. The molecular formula is C15H19N3O3S. The van der Waals surface area contributed by atoms with Gasteiger partial charge in [-0.25, -0.2) is 9.79 Å². The van der Waals surface area contributed by atoms with Crippen LogP contribution in [0.15, 0.2) is 29.3 Å². The summed E-state index contributed by atoms with van der Waals surface area (Å²) in [4.78, 5) is 29.0. The SMILES string of the molecule is CN1C(=O)CSC1=Nc1ccc(NC(=O)OC(C)(C)C)cc1. The van der Waals surface area contributed by atoms with E-state index in [1.807, 2.05) is 20.8 Å². The van der Waals surface area contributed by atoms with Crippen molar-refractivity contribution in [2.24, 2.45) is 4.99 Å². The molecule has 0 spiro atoms. The highest BCUT2D eigenvalue weighted by Gasteiger charge is 2.24. The lowest BCUT2D eigenvalue weighted by Crippen LogP contribution is -2.27. The van der Waals surface area contributed by atoms with Crippen LogP contribution in [0.3, 0.4) is 0 Å². The van der Waals surface area contributed by atoms with Gasteiger partial charge in [-0.05, 0) is 45.0 Å². The molecule has 0 atom stereocenters. The molecule has 1 saturated heterocycles. The number of nitrogens with zero attached hydrogens (tertiary/aromatic N) is 2. The molecule has 0 aromatic heterocycles. The highest BCUT2D eigenvalue weighted by atomic mass is 32.2. The second-order valence-corrected chi connectivity index (χ2v) is 6.75. The van der Waals surface area contributed by atoms with Crippen molar-refractivity contribution in [2.75, 3.05) is 18.1 Å². The van der Waals surface area contributed by atoms with Gasteiger partial charge in [-0.1, -0.05) is 11.8 Å². The molecule has 22 heavy (non-hydrogen) atoms. The van der Waals surface area contributed by atoms with Crippen LogP contribution in [0.4, 0.5) is 16.2 Å². The Kier molecular flexibility index (Phi) is 4.75. The number of carbonyl (C=O) groups is 2. The maximum Gasteiger partial charge on any atom is 0.412 e. The number of carbonyl (C=O) groups excluding carboxylic acids is 2. The van der Waals surface area contributed by atoms with Crippen molar-refractivity contribution < 1.29 is 14.3 Å². The molecule has 2 amide bonds. The van der Waals surface area contributed by atoms with Crippen LogP contribution in [-0.2, 0) is 9.53 Å². The first-order valence-corrected chi connectivity index (χ1v) is 7.81. The van der Waals surface area contributed by atoms with Crippen LogP contribution in [0.2, 0.25) is 0 Å². The molecule has 1 aliphatic heterocycles. The fourth-order valence-electron chi connectivity index (χ4n) is 1.69. The Balaban J connectivity index is 2.00. The second-order valence-electron chi connectivity index (χ2n) is 5.81. The zero-order chi connectivity index (χ0) is 16.3. The summed E-state index contributed by atoms with van der Waals surface area (Å²) in [5.41, 5.74) is 0.813. The molecule has 1 heterocycles. The first-order valence-electron chi connectivity index (χ1n) is 6.83. The number of benzene rings is 1. The monoisotopic (exact) mass is 321 g/mol. The number of nitrogens with one attached hydrogen (secondary N) is 1. The van der Waals surface area contributed by atoms with Crippen LogP contribution >= 0.6 is 11.8 Å². The Bertz CT molecular complexity index is 605. The van der Waals surface area contributed by atoms with E-state index in [4.69, 9.17) is 4.74 Å². The minimum absolute atomic E-state index is 0.0481. The van der Waals surface area contributed by atoms with Gasteiger partial charge in [0.1, 0.15) is 5.60 Å². The van der Waals surface area contributed by atoms with E-state index in [2.05, 4.69) is 10.3 Å². The summed E-state index contributed by atoms with van der Waals surface area (Å²) in [6, 6.07) is 7.03. The summed E-state index contributed by atoms with van der Waals surface area (Å²) < 4.78 is 5.18. The lowest BCUT2D eigenvalue weighted by molar-refractivity contribution is -0.123. The molecule has 0 bridgehead atoms. The number of hydrogen-bond acceptors (Lipinski definition) is 5. The zero-order valence-corrected chi connectivity index (χ0v) is 13.9. The molecule has 0 saturated carbocycles. The van der Waals surface area contributed by atoms with Crippen LogP contribution < -0.4 is 5.32 Å². The van der Waals surface area contributed by atoms with Crippen molar-refractivity contribution in [2.45, 2.75) is 26.4 Å². The quantitative estimate of drug-likeness (QED) is 0.908. The van der Waals surface area contributed by atoms with E-state index < -0.39 is 11.7 Å². The van der Waals surface area contributed by atoms with Crippen molar-refractivity contribution >= 4 is 40.3 Å². The van der Waals surface area contributed by atoms with Gasteiger partial charge < -0.3 is 4.74 Å². The zero-order valence-electron chi connectivity index (χ0n) is 13.0. The number of aliphatic imine (C=N–C) groups is 1. The lowest BCUT2D eigenvalue weighted by Gasteiger charge is -2.19. The van der Waals surface area contributed by atoms with Crippen molar-refractivity contribution in [3.8, 4) is 0 Å². The average molecular weight is 321 g/mol. The Morgan fingerprint density at radius 1 is 1.32 bits per heavy atom. The van der Waals surface area contributed by atoms with Gasteiger partial charge in [0.2, 0.25) is 5.91 Å². The van der Waals surface area contributed by atoms with Crippen LogP contribution in [0, 0.1) is 0 Å². The third-order valence-corrected chi connectivity index (χ3v) is 3.74. The van der Waals surface area contributed by atoms with Crippen molar-refractivity contribution in [1.29, 1.82) is 0 Å². The smallest absolute Gasteiger partial charge is 0.412 e. The Morgan fingerprint density at radius 2 is 1.95 bits per heavy atom. The number of hydrogen-bond donors (Lipinski definition) is 1. The molecule has 0 unspecified atom stereocenters. The van der Waals surface area contributed by atoms with Crippen LogP contribution in [-0.4, -0.2) is 40.5 Å². The average Bonchev–Trinajstić information content (AvgIpc) is 2.71. The predicted octanol–water partition coefficient (Wildman–Crippen LogP) is 3.23. The molecule has 1 aromatic carbocycles. The Hall–Kier alpha value is -2.02. The first kappa shape index (κ1) is 16.4. The molecule has 0 radical (unpaired) electrons. The second kappa shape index (κ2) is 6.39. The molecule has 0 aliphatic carbocycles. The predicted molar refractivity (Wildman–Crippen MR) is 88.6 cm³/mol. The lowest BCUT2D eigenvalue weighted by atomic mass is 10.2. The van der Waals surface area contributed by atoms with Gasteiger partial charge in [-0.2, -0.15) is 0 Å². The highest BCUT2D eigenvalue weighted by molar-refractivity contribution is 8.15. The molecular weight excluding hydrogens is 302 g/mol. The molecule has 1 fully saturated rings. The van der Waals surface area contributed by atoms with Gasteiger partial charge in [0.15, 0.2) is 5.17 Å². The summed E-state index contributed by atoms with van der Waals surface area (Å²) in [6.45, 7) is 5.43. The number of thioether (sulfide) groups is 1. The van der Waals surface area contributed by atoms with Crippen molar-refractivity contribution in [3.63, 3.8) is 0 Å². The Labute approximate surface area is 133 Å². The first-order chi connectivity index (χ1) is 10.2. The topological polar surface area (TPSA) is 71.0 Å². The minimum atomic E-state index is -0.535. The minimum Gasteiger partial charge on any atom is -0.444 e. The van der Waals surface area contributed by atoms with Crippen molar-refractivity contribution in [3.05, 3.63) is 24.3 Å². The number of anilines is 1. The highest BCUT2D eigenvalue weighted by Crippen LogP contribution is 2.23. The van der Waals surface area contributed by atoms with E-state index in [9.17, 15) is 9.59 Å². The fourth-order valence-corrected chi connectivity index (χ4v) is 2.60. The van der Waals surface area contributed by atoms with Crippen LogP contribution in [0.25, 0.3) is 0 Å². The van der Waals surface area contributed by atoms with Gasteiger partial charge in [0.25, 0.3) is 0 Å². The molecule has 6 nitrogen and oxygen atoms in total.